The molecule has 1 aromatic heterocycles. The first-order chi connectivity index (χ1) is 8.34. The summed E-state index contributed by atoms with van der Waals surface area (Å²) in [6.07, 6.45) is 1.40. The van der Waals surface area contributed by atoms with Gasteiger partial charge >= 0.3 is 5.97 Å². The largest absolute Gasteiger partial charge is 0.480 e. The smallest absolute Gasteiger partial charge is 0.322 e. The lowest BCUT2D eigenvalue weighted by molar-refractivity contribution is -0.140. The number of nitrogens with zero attached hydrogens (tertiary/aromatic N) is 3. The molecule has 0 amide bonds. The first-order valence-electron chi connectivity index (χ1n) is 5.16. The Kier molecular flexibility index (Phi) is 3.39. The molecule has 1 N–H and O–H groups in total. The summed E-state index contributed by atoms with van der Waals surface area (Å²) in [6.45, 7) is 1.69. The fraction of sp³-hybridized carbons (Fsp3) is 0.556. The van der Waals surface area contributed by atoms with Crippen LogP contribution >= 0.6 is 11.8 Å². The van der Waals surface area contributed by atoms with Crippen LogP contribution in [0.3, 0.4) is 0 Å². The van der Waals surface area contributed by atoms with E-state index >= 15 is 0 Å². The third kappa shape index (κ3) is 2.13. The first-order valence-corrected chi connectivity index (χ1v) is 7.76. The molecule has 1 atom stereocenters. The predicted octanol–water partition coefficient (Wildman–Crippen LogP) is -0.123. The highest BCUT2D eigenvalue weighted by molar-refractivity contribution is 8.00. The molecule has 0 unspecified atom stereocenters. The van der Waals surface area contributed by atoms with Gasteiger partial charge in [-0.2, -0.15) is 4.31 Å². The Labute approximate surface area is 109 Å². The van der Waals surface area contributed by atoms with E-state index in [0.717, 1.165) is 4.31 Å². The van der Waals surface area contributed by atoms with E-state index in [1.165, 1.54) is 18.0 Å². The van der Waals surface area contributed by atoms with Gasteiger partial charge in [-0.3, -0.25) is 4.79 Å². The van der Waals surface area contributed by atoms with Gasteiger partial charge in [0, 0.05) is 19.0 Å². The molecule has 0 saturated carbocycles. The monoisotopic (exact) mass is 291 g/mol. The number of rotatable bonds is 3. The predicted molar refractivity (Wildman–Crippen MR) is 65.7 cm³/mol. The molecule has 1 saturated heterocycles. The SMILES string of the molecule is Cc1nc(S(=O)(=O)N2CSC[C@H]2C(=O)O)cn1C. The summed E-state index contributed by atoms with van der Waals surface area (Å²) in [4.78, 5) is 15.0. The number of hydrogen-bond donors (Lipinski definition) is 1. The van der Waals surface area contributed by atoms with Gasteiger partial charge in [-0.05, 0) is 6.92 Å². The minimum Gasteiger partial charge on any atom is -0.480 e. The molecular formula is C9H13N3O4S2. The molecule has 2 rings (SSSR count). The summed E-state index contributed by atoms with van der Waals surface area (Å²) >= 11 is 1.28. The van der Waals surface area contributed by atoms with Crippen molar-refractivity contribution >= 4 is 27.8 Å². The Morgan fingerprint density at radius 2 is 2.28 bits per heavy atom. The molecule has 9 heteroatoms. The quantitative estimate of drug-likeness (QED) is 0.834. The molecule has 0 aromatic carbocycles. The zero-order valence-electron chi connectivity index (χ0n) is 9.90. The molecule has 1 aliphatic heterocycles. The van der Waals surface area contributed by atoms with E-state index in [9.17, 15) is 13.2 Å². The van der Waals surface area contributed by atoms with Gasteiger partial charge in [-0.15, -0.1) is 11.8 Å². The lowest BCUT2D eigenvalue weighted by Gasteiger charge is -2.18. The van der Waals surface area contributed by atoms with Gasteiger partial charge in [0.15, 0.2) is 5.03 Å². The van der Waals surface area contributed by atoms with E-state index in [2.05, 4.69) is 4.98 Å². The summed E-state index contributed by atoms with van der Waals surface area (Å²) in [6, 6.07) is -1.01. The second-order valence-corrected chi connectivity index (χ2v) is 6.82. The summed E-state index contributed by atoms with van der Waals surface area (Å²) in [5.74, 6) is -0.154. The Morgan fingerprint density at radius 3 is 2.78 bits per heavy atom. The minimum absolute atomic E-state index is 0.101. The topological polar surface area (TPSA) is 92.5 Å². The second-order valence-electron chi connectivity index (χ2n) is 3.98. The Morgan fingerprint density at radius 1 is 1.61 bits per heavy atom. The minimum atomic E-state index is -3.83. The highest BCUT2D eigenvalue weighted by atomic mass is 32.2. The van der Waals surface area contributed by atoms with Crippen LogP contribution in [-0.2, 0) is 21.9 Å². The lowest BCUT2D eigenvalue weighted by atomic mass is 10.4. The number of imidazole rings is 1. The highest BCUT2D eigenvalue weighted by Gasteiger charge is 2.41. The average Bonchev–Trinajstić information content (AvgIpc) is 2.87. The molecule has 1 aliphatic rings. The summed E-state index contributed by atoms with van der Waals surface area (Å²) in [5.41, 5.74) is 0. The first kappa shape index (κ1) is 13.4. The van der Waals surface area contributed by atoms with Crippen molar-refractivity contribution in [2.24, 2.45) is 7.05 Å². The normalized spacial score (nSPS) is 21.3. The number of sulfonamides is 1. The van der Waals surface area contributed by atoms with Crippen LogP contribution in [0.4, 0.5) is 0 Å². The molecule has 0 radical (unpaired) electrons. The van der Waals surface area contributed by atoms with Crippen molar-refractivity contribution in [2.75, 3.05) is 11.6 Å². The molecule has 1 fully saturated rings. The molecule has 2 heterocycles. The molecule has 1 aromatic rings. The fourth-order valence-electron chi connectivity index (χ4n) is 1.63. The van der Waals surface area contributed by atoms with E-state index in [1.807, 2.05) is 0 Å². The van der Waals surface area contributed by atoms with E-state index in [0.29, 0.717) is 5.82 Å². The van der Waals surface area contributed by atoms with Gasteiger partial charge in [0.25, 0.3) is 10.0 Å². The van der Waals surface area contributed by atoms with Gasteiger partial charge in [0.05, 0.1) is 5.88 Å². The van der Waals surface area contributed by atoms with Crippen molar-refractivity contribution in [2.45, 2.75) is 18.0 Å². The van der Waals surface area contributed by atoms with Crippen molar-refractivity contribution < 1.29 is 18.3 Å². The number of aryl methyl sites for hydroxylation is 2. The molecule has 18 heavy (non-hydrogen) atoms. The third-order valence-corrected chi connectivity index (χ3v) is 5.69. The van der Waals surface area contributed by atoms with E-state index in [4.69, 9.17) is 5.11 Å². The van der Waals surface area contributed by atoms with Gasteiger partial charge < -0.3 is 9.67 Å². The number of thioether (sulfide) groups is 1. The van der Waals surface area contributed by atoms with Crippen molar-refractivity contribution in [3.05, 3.63) is 12.0 Å². The highest BCUT2D eigenvalue weighted by Crippen LogP contribution is 2.27. The van der Waals surface area contributed by atoms with Crippen molar-refractivity contribution in [3.63, 3.8) is 0 Å². The average molecular weight is 291 g/mol. The van der Waals surface area contributed by atoms with Crippen LogP contribution in [0.2, 0.25) is 0 Å². The van der Waals surface area contributed by atoms with E-state index in [-0.39, 0.29) is 16.7 Å². The van der Waals surface area contributed by atoms with Gasteiger partial charge in [0.2, 0.25) is 0 Å². The third-order valence-electron chi connectivity index (χ3n) is 2.79. The molecule has 0 bridgehead atoms. The second kappa shape index (κ2) is 4.56. The number of hydrogen-bond acceptors (Lipinski definition) is 5. The summed E-state index contributed by atoms with van der Waals surface area (Å²) in [7, 11) is -2.15. The van der Waals surface area contributed by atoms with Crippen LogP contribution in [-0.4, -0.2) is 51.0 Å². The van der Waals surface area contributed by atoms with Crippen molar-refractivity contribution in [1.82, 2.24) is 13.9 Å². The van der Waals surface area contributed by atoms with Gasteiger partial charge in [-0.25, -0.2) is 13.4 Å². The Balaban J connectivity index is 2.39. The zero-order chi connectivity index (χ0) is 13.5. The lowest BCUT2D eigenvalue weighted by Crippen LogP contribution is -2.41. The molecule has 0 spiro atoms. The van der Waals surface area contributed by atoms with Gasteiger partial charge in [0.1, 0.15) is 11.9 Å². The maximum atomic E-state index is 12.3. The molecular weight excluding hydrogens is 278 g/mol. The standard InChI is InChI=1S/C9H13N3O4S2/c1-6-10-8(3-11(6)2)18(15,16)12-5-17-4-7(12)9(13)14/h3,7H,4-5H2,1-2H3,(H,13,14)/t7-/m0/s1. The number of aliphatic carboxylic acids is 1. The van der Waals surface area contributed by atoms with Crippen molar-refractivity contribution in [3.8, 4) is 0 Å². The molecule has 0 aliphatic carbocycles. The van der Waals surface area contributed by atoms with E-state index in [1.54, 1.807) is 18.5 Å². The van der Waals surface area contributed by atoms with Crippen LogP contribution in [0, 0.1) is 6.92 Å². The maximum absolute atomic E-state index is 12.3. The van der Waals surface area contributed by atoms with E-state index < -0.39 is 22.0 Å². The van der Waals surface area contributed by atoms with Crippen LogP contribution in [0.25, 0.3) is 0 Å². The summed E-state index contributed by atoms with van der Waals surface area (Å²) in [5, 5.41) is 8.91. The van der Waals surface area contributed by atoms with Crippen molar-refractivity contribution in [1.29, 1.82) is 0 Å². The van der Waals surface area contributed by atoms with Crippen LogP contribution in [0.5, 0.6) is 0 Å². The zero-order valence-corrected chi connectivity index (χ0v) is 11.5. The number of aromatic nitrogens is 2. The Bertz CT molecular complexity index is 561. The fourth-order valence-corrected chi connectivity index (χ4v) is 4.79. The summed E-state index contributed by atoms with van der Waals surface area (Å²) < 4.78 is 27.2. The molecule has 7 nitrogen and oxygen atoms in total. The van der Waals surface area contributed by atoms with Crippen LogP contribution in [0.1, 0.15) is 5.82 Å². The Hall–Kier alpha value is -1.06. The van der Waals surface area contributed by atoms with Gasteiger partial charge in [-0.1, -0.05) is 0 Å². The number of carboxylic acids is 1. The maximum Gasteiger partial charge on any atom is 0.322 e. The van der Waals surface area contributed by atoms with Crippen LogP contribution in [0.15, 0.2) is 11.2 Å². The molecule has 100 valence electrons. The van der Waals surface area contributed by atoms with Crippen LogP contribution < -0.4 is 0 Å². The number of carbonyl (C=O) groups is 1. The number of carboxylic acid groups (broad SMARTS) is 1.